The van der Waals surface area contributed by atoms with Gasteiger partial charge in [-0.1, -0.05) is 18.2 Å². The zero-order valence-electron chi connectivity index (χ0n) is 10.4. The number of nitrogens with one attached hydrogen (secondary N) is 2. The standard InChI is InChI=1S/C15H16N2O/c1-16-10-13-7-6-12(18-13)8-11-9-17-15-5-3-2-4-14(11)15/h2-7,9,16-17H,8,10H2,1H3. The Bertz CT molecular complexity index is 651. The molecule has 3 nitrogen and oxygen atoms in total. The molecule has 0 aliphatic heterocycles. The monoisotopic (exact) mass is 240 g/mol. The molecule has 0 saturated heterocycles. The third-order valence-corrected chi connectivity index (χ3v) is 3.11. The third-order valence-electron chi connectivity index (χ3n) is 3.11. The van der Waals surface area contributed by atoms with Gasteiger partial charge in [0.25, 0.3) is 0 Å². The molecule has 0 fully saturated rings. The summed E-state index contributed by atoms with van der Waals surface area (Å²) < 4.78 is 5.77. The van der Waals surface area contributed by atoms with Gasteiger partial charge in [-0.05, 0) is 30.8 Å². The van der Waals surface area contributed by atoms with Crippen LogP contribution in [0.25, 0.3) is 10.9 Å². The zero-order chi connectivity index (χ0) is 12.4. The number of fused-ring (bicyclic) bond motifs is 1. The van der Waals surface area contributed by atoms with E-state index in [1.807, 2.05) is 19.2 Å². The van der Waals surface area contributed by atoms with E-state index in [1.165, 1.54) is 16.5 Å². The van der Waals surface area contributed by atoms with Crippen LogP contribution in [0.4, 0.5) is 0 Å². The lowest BCUT2D eigenvalue weighted by atomic mass is 10.1. The van der Waals surface area contributed by atoms with Gasteiger partial charge in [0.15, 0.2) is 0 Å². The van der Waals surface area contributed by atoms with Gasteiger partial charge in [0.05, 0.1) is 6.54 Å². The summed E-state index contributed by atoms with van der Waals surface area (Å²) >= 11 is 0. The van der Waals surface area contributed by atoms with E-state index >= 15 is 0 Å². The number of aromatic nitrogens is 1. The predicted octanol–water partition coefficient (Wildman–Crippen LogP) is 3.07. The highest BCUT2D eigenvalue weighted by atomic mass is 16.3. The summed E-state index contributed by atoms with van der Waals surface area (Å²) in [5.41, 5.74) is 2.45. The number of hydrogen-bond acceptors (Lipinski definition) is 2. The van der Waals surface area contributed by atoms with Gasteiger partial charge in [0.2, 0.25) is 0 Å². The van der Waals surface area contributed by atoms with Crippen molar-refractivity contribution >= 4 is 10.9 Å². The molecule has 18 heavy (non-hydrogen) atoms. The van der Waals surface area contributed by atoms with Crippen molar-refractivity contribution in [3.05, 3.63) is 59.7 Å². The van der Waals surface area contributed by atoms with Crippen LogP contribution in [-0.2, 0) is 13.0 Å². The Morgan fingerprint density at radius 1 is 1.11 bits per heavy atom. The number of para-hydroxylation sites is 1. The molecule has 2 N–H and O–H groups in total. The maximum Gasteiger partial charge on any atom is 0.117 e. The summed E-state index contributed by atoms with van der Waals surface area (Å²) in [6, 6.07) is 12.4. The molecular weight excluding hydrogens is 224 g/mol. The van der Waals surface area contributed by atoms with Gasteiger partial charge < -0.3 is 14.7 Å². The van der Waals surface area contributed by atoms with Crippen molar-refractivity contribution < 1.29 is 4.42 Å². The highest BCUT2D eigenvalue weighted by molar-refractivity contribution is 5.83. The van der Waals surface area contributed by atoms with Crippen molar-refractivity contribution in [3.63, 3.8) is 0 Å². The Hall–Kier alpha value is -2.00. The smallest absolute Gasteiger partial charge is 0.117 e. The minimum absolute atomic E-state index is 0.772. The van der Waals surface area contributed by atoms with Crippen LogP contribution >= 0.6 is 0 Å². The van der Waals surface area contributed by atoms with Crippen LogP contribution in [0.15, 0.2) is 47.0 Å². The van der Waals surface area contributed by atoms with Crippen molar-refractivity contribution in [1.29, 1.82) is 0 Å². The number of H-pyrrole nitrogens is 1. The molecule has 0 atom stereocenters. The van der Waals surface area contributed by atoms with E-state index in [9.17, 15) is 0 Å². The highest BCUT2D eigenvalue weighted by Crippen LogP contribution is 2.21. The molecule has 3 aromatic rings. The Morgan fingerprint density at radius 3 is 2.83 bits per heavy atom. The van der Waals surface area contributed by atoms with Gasteiger partial charge in [0.1, 0.15) is 11.5 Å². The molecule has 3 rings (SSSR count). The average molecular weight is 240 g/mol. The van der Waals surface area contributed by atoms with Crippen molar-refractivity contribution in [2.24, 2.45) is 0 Å². The van der Waals surface area contributed by atoms with Crippen LogP contribution in [0.1, 0.15) is 17.1 Å². The van der Waals surface area contributed by atoms with Crippen molar-refractivity contribution in [1.82, 2.24) is 10.3 Å². The average Bonchev–Trinajstić information content (AvgIpc) is 2.99. The Morgan fingerprint density at radius 2 is 1.94 bits per heavy atom. The third kappa shape index (κ3) is 2.05. The normalized spacial score (nSPS) is 11.2. The van der Waals surface area contributed by atoms with Crippen LogP contribution in [0.2, 0.25) is 0 Å². The lowest BCUT2D eigenvalue weighted by Gasteiger charge is -1.97. The Labute approximate surface area is 106 Å². The van der Waals surface area contributed by atoms with Gasteiger partial charge in [-0.25, -0.2) is 0 Å². The highest BCUT2D eigenvalue weighted by Gasteiger charge is 2.07. The molecule has 0 unspecified atom stereocenters. The first-order chi connectivity index (χ1) is 8.86. The maximum absolute atomic E-state index is 5.77. The molecule has 2 heterocycles. The summed E-state index contributed by atoms with van der Waals surface area (Å²) in [4.78, 5) is 3.29. The number of furan rings is 1. The van der Waals surface area contributed by atoms with Crippen molar-refractivity contribution in [3.8, 4) is 0 Å². The van der Waals surface area contributed by atoms with E-state index in [1.54, 1.807) is 0 Å². The summed E-state index contributed by atoms with van der Waals surface area (Å²) in [6.07, 6.45) is 2.89. The fraction of sp³-hybridized carbons (Fsp3) is 0.200. The van der Waals surface area contributed by atoms with Crippen LogP contribution in [0.5, 0.6) is 0 Å². The first-order valence-corrected chi connectivity index (χ1v) is 6.14. The minimum Gasteiger partial charge on any atom is -0.464 e. The number of benzene rings is 1. The van der Waals surface area contributed by atoms with Gasteiger partial charge in [-0.2, -0.15) is 0 Å². The van der Waals surface area contributed by atoms with E-state index in [4.69, 9.17) is 4.42 Å². The predicted molar refractivity (Wildman–Crippen MR) is 72.6 cm³/mol. The number of rotatable bonds is 4. The van der Waals surface area contributed by atoms with E-state index < -0.39 is 0 Å². The van der Waals surface area contributed by atoms with Crippen molar-refractivity contribution in [2.75, 3.05) is 7.05 Å². The van der Waals surface area contributed by atoms with Crippen LogP contribution in [0.3, 0.4) is 0 Å². The van der Waals surface area contributed by atoms with E-state index in [0.29, 0.717) is 0 Å². The number of aromatic amines is 1. The molecule has 1 aromatic carbocycles. The molecule has 0 spiro atoms. The molecular formula is C15H16N2O. The van der Waals surface area contributed by atoms with Crippen LogP contribution in [-0.4, -0.2) is 12.0 Å². The summed E-state index contributed by atoms with van der Waals surface area (Å²) in [7, 11) is 1.92. The van der Waals surface area contributed by atoms with Gasteiger partial charge in [0, 0.05) is 23.5 Å². The number of hydrogen-bond donors (Lipinski definition) is 2. The molecule has 2 aromatic heterocycles. The van der Waals surface area contributed by atoms with Gasteiger partial charge in [-0.3, -0.25) is 0 Å². The molecule has 0 bridgehead atoms. The Balaban J connectivity index is 1.87. The summed E-state index contributed by atoms with van der Waals surface area (Å²) in [6.45, 7) is 0.772. The minimum atomic E-state index is 0.772. The second-order valence-electron chi connectivity index (χ2n) is 4.43. The first kappa shape index (κ1) is 11.1. The van der Waals surface area contributed by atoms with E-state index in [-0.39, 0.29) is 0 Å². The zero-order valence-corrected chi connectivity index (χ0v) is 10.4. The lowest BCUT2D eigenvalue weighted by molar-refractivity contribution is 0.462. The maximum atomic E-state index is 5.77. The first-order valence-electron chi connectivity index (χ1n) is 6.14. The fourth-order valence-corrected chi connectivity index (χ4v) is 2.25. The second kappa shape index (κ2) is 4.70. The van der Waals surface area contributed by atoms with E-state index in [2.05, 4.69) is 40.8 Å². The second-order valence-corrected chi connectivity index (χ2v) is 4.43. The molecule has 0 amide bonds. The molecule has 0 aliphatic carbocycles. The largest absolute Gasteiger partial charge is 0.464 e. The van der Waals surface area contributed by atoms with E-state index in [0.717, 1.165) is 24.5 Å². The molecule has 0 saturated carbocycles. The van der Waals surface area contributed by atoms with Gasteiger partial charge >= 0.3 is 0 Å². The van der Waals surface area contributed by atoms with Crippen LogP contribution < -0.4 is 5.32 Å². The molecule has 92 valence electrons. The molecule has 0 radical (unpaired) electrons. The fourth-order valence-electron chi connectivity index (χ4n) is 2.25. The van der Waals surface area contributed by atoms with Gasteiger partial charge in [-0.15, -0.1) is 0 Å². The topological polar surface area (TPSA) is 41.0 Å². The van der Waals surface area contributed by atoms with Crippen molar-refractivity contribution in [2.45, 2.75) is 13.0 Å². The summed E-state index contributed by atoms with van der Waals surface area (Å²) in [5, 5.41) is 4.35. The summed E-state index contributed by atoms with van der Waals surface area (Å²) in [5.74, 6) is 1.98. The SMILES string of the molecule is CNCc1ccc(Cc2c[nH]c3ccccc23)o1. The van der Waals surface area contributed by atoms with Crippen LogP contribution in [0, 0.1) is 0 Å². The Kier molecular flexibility index (Phi) is 2.90. The quantitative estimate of drug-likeness (QED) is 0.735. The molecule has 0 aliphatic rings. The lowest BCUT2D eigenvalue weighted by Crippen LogP contribution is -2.03. The molecule has 3 heteroatoms.